The van der Waals surface area contributed by atoms with Gasteiger partial charge in [-0.2, -0.15) is 4.31 Å². The molecule has 8 nitrogen and oxygen atoms in total. The summed E-state index contributed by atoms with van der Waals surface area (Å²) in [7, 11) is -7.16. The number of hydrogen-bond donors (Lipinski definition) is 1. The smallest absolute Gasteiger partial charge is 0.243 e. The lowest BCUT2D eigenvalue weighted by Gasteiger charge is -2.35. The molecule has 2 atom stereocenters. The van der Waals surface area contributed by atoms with E-state index < -0.39 is 32.0 Å². The van der Waals surface area contributed by atoms with Crippen molar-refractivity contribution in [3.8, 4) is 0 Å². The van der Waals surface area contributed by atoms with Crippen LogP contribution in [0.4, 0.5) is 5.69 Å². The molecule has 130 valence electrons. The summed E-state index contributed by atoms with van der Waals surface area (Å²) < 4.78 is 56.4. The molecule has 0 aliphatic carbocycles. The van der Waals surface area contributed by atoms with Crippen LogP contribution in [0.1, 0.15) is 5.56 Å². The molecule has 1 aromatic carbocycles. The van der Waals surface area contributed by atoms with E-state index in [4.69, 9.17) is 4.74 Å². The van der Waals surface area contributed by atoms with Gasteiger partial charge in [-0.3, -0.25) is 4.79 Å². The first-order valence-electron chi connectivity index (χ1n) is 7.53. The van der Waals surface area contributed by atoms with Crippen LogP contribution in [0.3, 0.4) is 0 Å². The Kier molecular flexibility index (Phi) is 3.50. The average molecular weight is 372 g/mol. The molecular weight excluding hydrogens is 356 g/mol. The number of amides is 1. The molecule has 3 aliphatic heterocycles. The third-order valence-electron chi connectivity index (χ3n) is 4.59. The van der Waals surface area contributed by atoms with Crippen LogP contribution >= 0.6 is 0 Å². The van der Waals surface area contributed by atoms with Gasteiger partial charge in [-0.25, -0.2) is 16.8 Å². The van der Waals surface area contributed by atoms with E-state index >= 15 is 0 Å². The molecule has 0 radical (unpaired) electrons. The summed E-state index contributed by atoms with van der Waals surface area (Å²) in [5.74, 6) is -0.540. The topological polar surface area (TPSA) is 110 Å². The fourth-order valence-electron chi connectivity index (χ4n) is 3.48. The second-order valence-electron chi connectivity index (χ2n) is 6.21. The minimum absolute atomic E-state index is 0.0719. The predicted molar refractivity (Wildman–Crippen MR) is 84.8 cm³/mol. The molecule has 0 spiro atoms. The standard InChI is InChI=1S/C14H16N2O6S2/c17-14-6-9-5-10(1-2-11(9)15-14)24(20,21)16-3-4-22-13-8-23(18,19)7-12(13)16/h1-2,5,12-13H,3-4,6-8H2,(H,15,17). The first-order chi connectivity index (χ1) is 11.3. The van der Waals surface area contributed by atoms with Crippen molar-refractivity contribution in [2.45, 2.75) is 23.5 Å². The molecule has 1 amide bonds. The van der Waals surface area contributed by atoms with Gasteiger partial charge in [0.05, 0.1) is 41.6 Å². The van der Waals surface area contributed by atoms with E-state index in [9.17, 15) is 21.6 Å². The quantitative estimate of drug-likeness (QED) is 0.740. The van der Waals surface area contributed by atoms with E-state index in [-0.39, 0.29) is 41.9 Å². The second kappa shape index (κ2) is 5.25. The Bertz CT molecular complexity index is 925. The largest absolute Gasteiger partial charge is 0.374 e. The third kappa shape index (κ3) is 2.53. The molecule has 3 aliphatic rings. The van der Waals surface area contributed by atoms with Crippen LogP contribution in [0.25, 0.3) is 0 Å². The Morgan fingerprint density at radius 3 is 2.83 bits per heavy atom. The summed E-state index contributed by atoms with van der Waals surface area (Å²) in [6, 6.07) is 3.79. The normalized spacial score (nSPS) is 29.1. The molecule has 3 heterocycles. The second-order valence-corrected chi connectivity index (χ2v) is 10.3. The van der Waals surface area contributed by atoms with Gasteiger partial charge >= 0.3 is 0 Å². The Balaban J connectivity index is 1.70. The number of sulfone groups is 1. The fraction of sp³-hybridized carbons (Fsp3) is 0.500. The summed E-state index contributed by atoms with van der Waals surface area (Å²) in [5.41, 5.74) is 1.24. The Labute approximate surface area is 139 Å². The van der Waals surface area contributed by atoms with Crippen molar-refractivity contribution >= 4 is 31.5 Å². The maximum atomic E-state index is 13.0. The van der Waals surface area contributed by atoms with E-state index in [2.05, 4.69) is 5.32 Å². The van der Waals surface area contributed by atoms with Crippen molar-refractivity contribution < 1.29 is 26.4 Å². The van der Waals surface area contributed by atoms with Gasteiger partial charge in [0.2, 0.25) is 15.9 Å². The lowest BCUT2D eigenvalue weighted by atomic mass is 10.2. The van der Waals surface area contributed by atoms with Crippen molar-refractivity contribution in [2.24, 2.45) is 0 Å². The predicted octanol–water partition coefficient (Wildman–Crippen LogP) is -0.632. The number of sulfonamides is 1. The number of carbonyl (C=O) groups is 1. The van der Waals surface area contributed by atoms with Crippen molar-refractivity contribution in [3.05, 3.63) is 23.8 Å². The number of carbonyl (C=O) groups excluding carboxylic acids is 1. The van der Waals surface area contributed by atoms with Gasteiger partial charge in [0.1, 0.15) is 0 Å². The van der Waals surface area contributed by atoms with Crippen LogP contribution in [-0.4, -0.2) is 63.9 Å². The summed E-state index contributed by atoms with van der Waals surface area (Å²) in [6.07, 6.45) is -0.474. The highest BCUT2D eigenvalue weighted by Gasteiger charge is 2.48. The molecule has 1 N–H and O–H groups in total. The summed E-state index contributed by atoms with van der Waals surface area (Å²) in [6.45, 7) is 0.286. The number of anilines is 1. The summed E-state index contributed by atoms with van der Waals surface area (Å²) in [5, 5.41) is 2.66. The molecule has 4 rings (SSSR count). The molecule has 10 heteroatoms. The monoisotopic (exact) mass is 372 g/mol. The van der Waals surface area contributed by atoms with E-state index in [1.165, 1.54) is 16.4 Å². The Morgan fingerprint density at radius 1 is 1.25 bits per heavy atom. The zero-order valence-electron chi connectivity index (χ0n) is 12.6. The minimum Gasteiger partial charge on any atom is -0.374 e. The van der Waals surface area contributed by atoms with Gasteiger partial charge in [-0.05, 0) is 23.8 Å². The Hall–Kier alpha value is -1.49. The van der Waals surface area contributed by atoms with Crippen LogP contribution < -0.4 is 5.32 Å². The lowest BCUT2D eigenvalue weighted by molar-refractivity contribution is -0.115. The molecule has 0 bridgehead atoms. The minimum atomic E-state index is -3.86. The van der Waals surface area contributed by atoms with Crippen molar-refractivity contribution in [1.82, 2.24) is 4.31 Å². The zero-order valence-corrected chi connectivity index (χ0v) is 14.3. The van der Waals surface area contributed by atoms with Gasteiger partial charge in [-0.1, -0.05) is 0 Å². The van der Waals surface area contributed by atoms with E-state index in [1.54, 1.807) is 6.07 Å². The van der Waals surface area contributed by atoms with E-state index in [1.807, 2.05) is 0 Å². The van der Waals surface area contributed by atoms with Crippen LogP contribution in [0.15, 0.2) is 23.1 Å². The molecule has 2 saturated heterocycles. The fourth-order valence-corrected chi connectivity index (χ4v) is 7.13. The zero-order chi connectivity index (χ0) is 17.1. The molecule has 24 heavy (non-hydrogen) atoms. The number of morpholine rings is 1. The molecule has 0 aromatic heterocycles. The van der Waals surface area contributed by atoms with Crippen LogP contribution in [-0.2, 0) is 35.8 Å². The SMILES string of the molecule is O=C1Cc2cc(S(=O)(=O)N3CCOC4CS(=O)(=O)CC43)ccc2N1. The van der Waals surface area contributed by atoms with Gasteiger partial charge in [0, 0.05) is 12.2 Å². The first kappa shape index (κ1) is 16.0. The van der Waals surface area contributed by atoms with Gasteiger partial charge in [0.25, 0.3) is 0 Å². The average Bonchev–Trinajstić information content (AvgIpc) is 3.02. The van der Waals surface area contributed by atoms with Crippen LogP contribution in [0, 0.1) is 0 Å². The van der Waals surface area contributed by atoms with Gasteiger partial charge in [0.15, 0.2) is 9.84 Å². The van der Waals surface area contributed by atoms with Crippen molar-refractivity contribution in [2.75, 3.05) is 30.0 Å². The maximum Gasteiger partial charge on any atom is 0.243 e. The number of hydrogen-bond acceptors (Lipinski definition) is 6. The highest BCUT2D eigenvalue weighted by molar-refractivity contribution is 7.92. The number of benzene rings is 1. The Morgan fingerprint density at radius 2 is 2.04 bits per heavy atom. The molecule has 1 aromatic rings. The summed E-state index contributed by atoms with van der Waals surface area (Å²) in [4.78, 5) is 11.5. The van der Waals surface area contributed by atoms with Crippen molar-refractivity contribution in [3.63, 3.8) is 0 Å². The summed E-state index contributed by atoms with van der Waals surface area (Å²) >= 11 is 0. The highest BCUT2D eigenvalue weighted by atomic mass is 32.2. The highest BCUT2D eigenvalue weighted by Crippen LogP contribution is 2.32. The molecule has 2 fully saturated rings. The molecule has 2 unspecified atom stereocenters. The molecular formula is C14H16N2O6S2. The van der Waals surface area contributed by atoms with Crippen molar-refractivity contribution in [1.29, 1.82) is 0 Å². The maximum absolute atomic E-state index is 13.0. The van der Waals surface area contributed by atoms with E-state index in [0.717, 1.165) is 0 Å². The van der Waals surface area contributed by atoms with Gasteiger partial charge in [-0.15, -0.1) is 0 Å². The van der Waals surface area contributed by atoms with Crippen LogP contribution in [0.5, 0.6) is 0 Å². The van der Waals surface area contributed by atoms with E-state index in [0.29, 0.717) is 11.3 Å². The first-order valence-corrected chi connectivity index (χ1v) is 10.8. The molecule has 0 saturated carbocycles. The number of nitrogens with one attached hydrogen (secondary N) is 1. The van der Waals surface area contributed by atoms with Crippen LogP contribution in [0.2, 0.25) is 0 Å². The lowest BCUT2D eigenvalue weighted by Crippen LogP contribution is -2.53. The number of ether oxygens (including phenoxy) is 1. The third-order valence-corrected chi connectivity index (χ3v) is 8.20. The number of fused-ring (bicyclic) bond motifs is 2. The number of nitrogens with zero attached hydrogens (tertiary/aromatic N) is 1. The number of rotatable bonds is 2. The van der Waals surface area contributed by atoms with Gasteiger partial charge < -0.3 is 10.1 Å².